The lowest BCUT2D eigenvalue weighted by Crippen LogP contribution is -2.30. The van der Waals surface area contributed by atoms with Crippen molar-refractivity contribution >= 4 is 21.9 Å². The molecule has 5 aromatic rings. The van der Waals surface area contributed by atoms with Gasteiger partial charge in [0.05, 0.1) is 11.1 Å². The highest BCUT2D eigenvalue weighted by molar-refractivity contribution is 6.13. The van der Waals surface area contributed by atoms with E-state index in [-0.39, 0.29) is 5.82 Å². The van der Waals surface area contributed by atoms with Gasteiger partial charge in [0.15, 0.2) is 6.20 Å². The molecule has 6 rings (SSSR count). The van der Waals surface area contributed by atoms with Crippen LogP contribution in [0.5, 0.6) is 0 Å². The zero-order valence-electron chi connectivity index (χ0n) is 19.3. The van der Waals surface area contributed by atoms with Crippen LogP contribution < -0.4 is 4.57 Å². The summed E-state index contributed by atoms with van der Waals surface area (Å²) in [6, 6.07) is 18.4. The van der Waals surface area contributed by atoms with Crippen LogP contribution in [0.25, 0.3) is 44.3 Å². The van der Waals surface area contributed by atoms with Crippen LogP contribution in [-0.4, -0.2) is 0 Å². The molecule has 0 N–H and O–H groups in total. The van der Waals surface area contributed by atoms with Crippen molar-refractivity contribution in [3.8, 4) is 22.4 Å². The Bertz CT molecular complexity index is 1560. The molecule has 0 radical (unpaired) electrons. The number of hydrogen-bond donors (Lipinski definition) is 0. The van der Waals surface area contributed by atoms with Gasteiger partial charge in [-0.1, -0.05) is 30.3 Å². The van der Waals surface area contributed by atoms with Crippen LogP contribution in [0.4, 0.5) is 4.39 Å². The maximum absolute atomic E-state index is 15.3. The molecule has 3 aromatic carbocycles. The largest absolute Gasteiger partial charge is 0.454 e. The molecule has 3 heteroatoms. The number of fused-ring (bicyclic) bond motifs is 4. The lowest BCUT2D eigenvalue weighted by atomic mass is 9.88. The molecular formula is C30H27FNO+. The summed E-state index contributed by atoms with van der Waals surface area (Å²) in [5, 5.41) is 1.97. The van der Waals surface area contributed by atoms with Gasteiger partial charge in [-0.15, -0.1) is 0 Å². The van der Waals surface area contributed by atoms with Crippen LogP contribution in [0, 0.1) is 19.7 Å². The van der Waals surface area contributed by atoms with Crippen molar-refractivity contribution in [3.63, 3.8) is 0 Å². The second kappa shape index (κ2) is 7.55. The molecule has 2 nitrogen and oxygen atoms in total. The number of pyridine rings is 1. The third-order valence-corrected chi connectivity index (χ3v) is 7.17. The molecule has 0 saturated heterocycles. The number of rotatable bonds is 2. The average Bonchev–Trinajstić information content (AvgIpc) is 3.18. The minimum atomic E-state index is -0.239. The second-order valence-electron chi connectivity index (χ2n) is 9.43. The van der Waals surface area contributed by atoms with Gasteiger partial charge in [0.2, 0.25) is 5.69 Å². The van der Waals surface area contributed by atoms with E-state index in [1.165, 1.54) is 29.5 Å². The summed E-state index contributed by atoms with van der Waals surface area (Å²) in [5.74, 6) is -0.239. The fourth-order valence-corrected chi connectivity index (χ4v) is 5.38. The predicted octanol–water partition coefficient (Wildman–Crippen LogP) is 7.38. The monoisotopic (exact) mass is 436 g/mol. The molecule has 0 aliphatic heterocycles. The molecule has 0 unspecified atom stereocenters. The molecular weight excluding hydrogens is 409 g/mol. The van der Waals surface area contributed by atoms with Gasteiger partial charge in [-0.2, -0.15) is 0 Å². The highest BCUT2D eigenvalue weighted by atomic mass is 19.1. The number of benzene rings is 3. The van der Waals surface area contributed by atoms with Crippen LogP contribution in [0.3, 0.4) is 0 Å². The first kappa shape index (κ1) is 20.2. The van der Waals surface area contributed by atoms with Crippen molar-refractivity contribution in [1.29, 1.82) is 0 Å². The van der Waals surface area contributed by atoms with Crippen molar-refractivity contribution < 1.29 is 13.4 Å². The highest BCUT2D eigenvalue weighted by Gasteiger charge is 2.23. The first-order valence-electron chi connectivity index (χ1n) is 11.7. The highest BCUT2D eigenvalue weighted by Crippen LogP contribution is 2.42. The molecule has 0 fully saturated rings. The van der Waals surface area contributed by atoms with E-state index in [4.69, 9.17) is 4.42 Å². The SMILES string of the molecule is Cc1cc[n+](C)c(-c2c(C)ccc3c2oc2c(-c4ccc5c(c4)CCCC5)c(F)ccc23)c1. The lowest BCUT2D eigenvalue weighted by molar-refractivity contribution is -0.660. The zero-order valence-corrected chi connectivity index (χ0v) is 19.3. The minimum Gasteiger partial charge on any atom is -0.454 e. The summed E-state index contributed by atoms with van der Waals surface area (Å²) in [7, 11) is 2.05. The van der Waals surface area contributed by atoms with E-state index in [9.17, 15) is 0 Å². The molecule has 0 bridgehead atoms. The third-order valence-electron chi connectivity index (χ3n) is 7.17. The van der Waals surface area contributed by atoms with E-state index in [2.05, 4.69) is 67.1 Å². The molecule has 0 saturated carbocycles. The quantitative estimate of drug-likeness (QED) is 0.264. The summed E-state index contributed by atoms with van der Waals surface area (Å²) >= 11 is 0. The number of halogens is 1. The zero-order chi connectivity index (χ0) is 22.7. The molecule has 1 aliphatic carbocycles. The van der Waals surface area contributed by atoms with Gasteiger partial charge >= 0.3 is 0 Å². The number of aryl methyl sites for hydroxylation is 5. The first-order valence-corrected chi connectivity index (χ1v) is 11.7. The van der Waals surface area contributed by atoms with E-state index in [0.29, 0.717) is 11.1 Å². The molecule has 1 aliphatic rings. The van der Waals surface area contributed by atoms with E-state index in [1.807, 2.05) is 13.1 Å². The van der Waals surface area contributed by atoms with Crippen molar-refractivity contribution in [2.24, 2.45) is 7.05 Å². The summed E-state index contributed by atoms with van der Waals surface area (Å²) in [6.45, 7) is 4.20. The lowest BCUT2D eigenvalue weighted by Gasteiger charge is -2.17. The fraction of sp³-hybridized carbons (Fsp3) is 0.233. The van der Waals surface area contributed by atoms with Crippen molar-refractivity contribution in [3.05, 3.63) is 88.9 Å². The topological polar surface area (TPSA) is 17.0 Å². The normalized spacial score (nSPS) is 13.6. The van der Waals surface area contributed by atoms with Crippen LogP contribution in [0.1, 0.15) is 35.1 Å². The Morgan fingerprint density at radius 1 is 0.788 bits per heavy atom. The number of hydrogen-bond acceptors (Lipinski definition) is 1. The van der Waals surface area contributed by atoms with E-state index in [1.54, 1.807) is 6.07 Å². The Balaban J connectivity index is 1.66. The molecule has 33 heavy (non-hydrogen) atoms. The minimum absolute atomic E-state index is 0.239. The molecule has 0 amide bonds. The fourth-order valence-electron chi connectivity index (χ4n) is 5.38. The Morgan fingerprint density at radius 3 is 2.33 bits per heavy atom. The number of furan rings is 1. The van der Waals surface area contributed by atoms with Gasteiger partial charge in [-0.3, -0.25) is 0 Å². The molecule has 2 aromatic heterocycles. The van der Waals surface area contributed by atoms with E-state index < -0.39 is 0 Å². The predicted molar refractivity (Wildman–Crippen MR) is 132 cm³/mol. The van der Waals surface area contributed by atoms with Crippen molar-refractivity contribution in [2.45, 2.75) is 39.5 Å². The molecule has 164 valence electrons. The van der Waals surface area contributed by atoms with Gasteiger partial charge < -0.3 is 4.42 Å². The van der Waals surface area contributed by atoms with Gasteiger partial charge in [0, 0.05) is 22.9 Å². The Labute approximate surface area is 193 Å². The average molecular weight is 437 g/mol. The standard InChI is InChI=1S/C30H27FNO/c1-18-14-15-32(3)26(16-18)27-19(2)8-11-23-24-12-13-25(31)28(30(24)33-29(23)27)22-10-9-20-6-4-5-7-21(20)17-22/h8-17H,4-7H2,1-3H3/q+1. The maximum Gasteiger partial charge on any atom is 0.216 e. The van der Waals surface area contributed by atoms with Crippen LogP contribution in [0.15, 0.2) is 65.2 Å². The smallest absolute Gasteiger partial charge is 0.216 e. The van der Waals surface area contributed by atoms with Gasteiger partial charge in [0.1, 0.15) is 24.0 Å². The first-order chi connectivity index (χ1) is 16.0. The molecule has 0 atom stereocenters. The summed E-state index contributed by atoms with van der Waals surface area (Å²) in [5.41, 5.74) is 10.1. The van der Waals surface area contributed by atoms with E-state index in [0.717, 1.165) is 51.6 Å². The Morgan fingerprint density at radius 2 is 1.52 bits per heavy atom. The maximum atomic E-state index is 15.3. The van der Waals surface area contributed by atoms with Gasteiger partial charge in [-0.05, 0) is 79.5 Å². The van der Waals surface area contributed by atoms with E-state index >= 15 is 4.39 Å². The second-order valence-corrected chi connectivity index (χ2v) is 9.43. The van der Waals surface area contributed by atoms with Crippen molar-refractivity contribution in [2.75, 3.05) is 0 Å². The third kappa shape index (κ3) is 3.18. The number of aromatic nitrogens is 1. The van der Waals surface area contributed by atoms with Crippen LogP contribution in [-0.2, 0) is 19.9 Å². The summed E-state index contributed by atoms with van der Waals surface area (Å²) < 4.78 is 24.0. The summed E-state index contributed by atoms with van der Waals surface area (Å²) in [6.07, 6.45) is 6.68. The summed E-state index contributed by atoms with van der Waals surface area (Å²) in [4.78, 5) is 0. The molecule has 0 spiro atoms. The molecule has 2 heterocycles. The van der Waals surface area contributed by atoms with Gasteiger partial charge in [0.25, 0.3) is 0 Å². The van der Waals surface area contributed by atoms with Gasteiger partial charge in [-0.25, -0.2) is 8.96 Å². The van der Waals surface area contributed by atoms with Crippen molar-refractivity contribution in [1.82, 2.24) is 0 Å². The number of nitrogens with zero attached hydrogens (tertiary/aromatic N) is 1. The van der Waals surface area contributed by atoms with Crippen LogP contribution >= 0.6 is 0 Å². The van der Waals surface area contributed by atoms with Crippen LogP contribution in [0.2, 0.25) is 0 Å². The Hall–Kier alpha value is -3.46. The Kier molecular flexibility index (Phi) is 4.62.